The molecule has 22 heavy (non-hydrogen) atoms. The number of carbonyl (C=O) groups is 2. The molecule has 2 amide bonds. The van der Waals surface area contributed by atoms with Gasteiger partial charge in [-0.3, -0.25) is 9.59 Å². The summed E-state index contributed by atoms with van der Waals surface area (Å²) in [6.07, 6.45) is 0. The second-order valence-corrected chi connectivity index (χ2v) is 5.05. The van der Waals surface area contributed by atoms with E-state index in [2.05, 4.69) is 10.6 Å². The van der Waals surface area contributed by atoms with Gasteiger partial charge in [-0.1, -0.05) is 24.3 Å². The normalized spacial score (nSPS) is 10.1. The first-order valence-corrected chi connectivity index (χ1v) is 7.61. The predicted octanol–water partition coefficient (Wildman–Crippen LogP) is 3.71. The van der Waals surface area contributed by atoms with Crippen LogP contribution in [0.25, 0.3) is 11.1 Å². The quantitative estimate of drug-likeness (QED) is 0.817. The van der Waals surface area contributed by atoms with Crippen LogP contribution in [0.5, 0.6) is 0 Å². The van der Waals surface area contributed by atoms with Gasteiger partial charge < -0.3 is 10.6 Å². The number of nitrogens with one attached hydrogen (secondary N) is 2. The molecule has 0 saturated heterocycles. The third-order valence-corrected chi connectivity index (χ3v) is 3.40. The van der Waals surface area contributed by atoms with Crippen molar-refractivity contribution < 1.29 is 9.59 Å². The van der Waals surface area contributed by atoms with Crippen molar-refractivity contribution in [2.45, 2.75) is 0 Å². The van der Waals surface area contributed by atoms with Crippen molar-refractivity contribution >= 4 is 46.4 Å². The van der Waals surface area contributed by atoms with Gasteiger partial charge in [-0.15, -0.1) is 23.2 Å². The molecule has 114 valence electrons. The summed E-state index contributed by atoms with van der Waals surface area (Å²) in [5, 5.41) is 5.35. The molecule has 0 heterocycles. The van der Waals surface area contributed by atoms with Gasteiger partial charge in [-0.2, -0.15) is 0 Å². The van der Waals surface area contributed by atoms with Crippen LogP contribution >= 0.6 is 23.2 Å². The maximum absolute atomic E-state index is 11.2. The Bertz CT molecular complexity index is 595. The lowest BCUT2D eigenvalue weighted by Crippen LogP contribution is -2.12. The van der Waals surface area contributed by atoms with Gasteiger partial charge in [-0.25, -0.2) is 0 Å². The molecular weight excluding hydrogens is 323 g/mol. The zero-order valence-corrected chi connectivity index (χ0v) is 13.1. The van der Waals surface area contributed by atoms with Gasteiger partial charge in [0.25, 0.3) is 0 Å². The lowest BCUT2D eigenvalue weighted by Gasteiger charge is -2.07. The van der Waals surface area contributed by atoms with E-state index in [-0.39, 0.29) is 23.6 Å². The van der Waals surface area contributed by atoms with Gasteiger partial charge in [0.1, 0.15) is 11.8 Å². The van der Waals surface area contributed by atoms with Crippen LogP contribution in [0.2, 0.25) is 0 Å². The van der Waals surface area contributed by atoms with E-state index in [1.165, 1.54) is 0 Å². The Kier molecular flexibility index (Phi) is 5.81. The Labute approximate surface area is 138 Å². The van der Waals surface area contributed by atoms with Crippen LogP contribution in [0.15, 0.2) is 48.5 Å². The molecule has 0 aliphatic carbocycles. The average molecular weight is 337 g/mol. The fraction of sp³-hybridized carbons (Fsp3) is 0.125. The third-order valence-electron chi connectivity index (χ3n) is 2.91. The standard InChI is InChI=1S/C16H14Cl2N2O2/c17-9-15(21)19-13-5-1-11(2-6-13)12-3-7-14(8-4-12)20-16(22)10-18/h1-8H,9-10H2,(H,19,21)(H,20,22). The average Bonchev–Trinajstić information content (AvgIpc) is 2.56. The highest BCUT2D eigenvalue weighted by molar-refractivity contribution is 6.29. The summed E-state index contributed by atoms with van der Waals surface area (Å²) in [5.41, 5.74) is 3.39. The molecule has 0 radical (unpaired) electrons. The molecule has 2 aromatic rings. The number of benzene rings is 2. The summed E-state index contributed by atoms with van der Waals surface area (Å²) in [5.74, 6) is -0.628. The SMILES string of the molecule is O=C(CCl)Nc1ccc(-c2ccc(NC(=O)CCl)cc2)cc1. The van der Waals surface area contributed by atoms with E-state index in [9.17, 15) is 9.59 Å². The minimum Gasteiger partial charge on any atom is -0.325 e. The van der Waals surface area contributed by atoms with Crippen LogP contribution in [-0.4, -0.2) is 23.6 Å². The molecule has 2 aromatic carbocycles. The summed E-state index contributed by atoms with van der Waals surface area (Å²) in [6.45, 7) is 0. The molecule has 6 heteroatoms. The first-order valence-electron chi connectivity index (χ1n) is 6.54. The molecule has 0 aromatic heterocycles. The Morgan fingerprint density at radius 1 is 0.682 bits per heavy atom. The van der Waals surface area contributed by atoms with Crippen molar-refractivity contribution in [2.75, 3.05) is 22.4 Å². The molecule has 4 nitrogen and oxygen atoms in total. The summed E-state index contributed by atoms with van der Waals surface area (Å²) in [4.78, 5) is 22.4. The van der Waals surface area contributed by atoms with E-state index in [0.717, 1.165) is 11.1 Å². The number of hydrogen-bond acceptors (Lipinski definition) is 2. The van der Waals surface area contributed by atoms with E-state index >= 15 is 0 Å². The summed E-state index contributed by atoms with van der Waals surface area (Å²) >= 11 is 10.9. The van der Waals surface area contributed by atoms with E-state index in [1.807, 2.05) is 48.5 Å². The topological polar surface area (TPSA) is 58.2 Å². The number of carbonyl (C=O) groups excluding carboxylic acids is 2. The van der Waals surface area contributed by atoms with Crippen LogP contribution in [-0.2, 0) is 9.59 Å². The molecule has 0 bridgehead atoms. The van der Waals surface area contributed by atoms with Crippen molar-refractivity contribution in [1.29, 1.82) is 0 Å². The van der Waals surface area contributed by atoms with E-state index in [4.69, 9.17) is 23.2 Å². The number of alkyl halides is 2. The predicted molar refractivity (Wildman–Crippen MR) is 90.6 cm³/mol. The van der Waals surface area contributed by atoms with Gasteiger partial charge in [0.2, 0.25) is 11.8 Å². The largest absolute Gasteiger partial charge is 0.325 e. The maximum atomic E-state index is 11.2. The minimum atomic E-state index is -0.242. The highest BCUT2D eigenvalue weighted by atomic mass is 35.5. The lowest BCUT2D eigenvalue weighted by atomic mass is 10.0. The van der Waals surface area contributed by atoms with Gasteiger partial charge >= 0.3 is 0 Å². The maximum Gasteiger partial charge on any atom is 0.239 e. The molecule has 0 fully saturated rings. The molecule has 0 atom stereocenters. The van der Waals surface area contributed by atoms with Gasteiger partial charge in [-0.05, 0) is 35.4 Å². The zero-order valence-electron chi connectivity index (χ0n) is 11.6. The number of amides is 2. The van der Waals surface area contributed by atoms with Crippen LogP contribution in [0.4, 0.5) is 11.4 Å². The van der Waals surface area contributed by atoms with Gasteiger partial charge in [0, 0.05) is 11.4 Å². The monoisotopic (exact) mass is 336 g/mol. The van der Waals surface area contributed by atoms with Crippen molar-refractivity contribution in [3.05, 3.63) is 48.5 Å². The van der Waals surface area contributed by atoms with Crippen molar-refractivity contribution in [2.24, 2.45) is 0 Å². The fourth-order valence-electron chi connectivity index (χ4n) is 1.88. The molecule has 0 saturated carbocycles. The molecule has 2 rings (SSSR count). The van der Waals surface area contributed by atoms with Crippen LogP contribution < -0.4 is 10.6 Å². The first-order chi connectivity index (χ1) is 10.6. The number of hydrogen-bond donors (Lipinski definition) is 2. The highest BCUT2D eigenvalue weighted by Gasteiger charge is 2.03. The van der Waals surface area contributed by atoms with Crippen LogP contribution in [0, 0.1) is 0 Å². The molecule has 0 spiro atoms. The Hall–Kier alpha value is -2.04. The number of anilines is 2. The minimum absolute atomic E-state index is 0.0722. The van der Waals surface area contributed by atoms with Crippen molar-refractivity contribution in [1.82, 2.24) is 0 Å². The molecule has 0 aliphatic heterocycles. The number of halogens is 2. The van der Waals surface area contributed by atoms with Crippen LogP contribution in [0.1, 0.15) is 0 Å². The van der Waals surface area contributed by atoms with E-state index in [0.29, 0.717) is 11.4 Å². The molecule has 0 aliphatic rings. The third kappa shape index (κ3) is 4.48. The Morgan fingerprint density at radius 2 is 1.00 bits per heavy atom. The second-order valence-electron chi connectivity index (χ2n) is 4.52. The Balaban J connectivity index is 2.08. The Morgan fingerprint density at radius 3 is 1.27 bits per heavy atom. The van der Waals surface area contributed by atoms with Crippen molar-refractivity contribution in [3.63, 3.8) is 0 Å². The van der Waals surface area contributed by atoms with E-state index in [1.54, 1.807) is 0 Å². The summed E-state index contributed by atoms with van der Waals surface area (Å²) < 4.78 is 0. The second kappa shape index (κ2) is 7.82. The molecule has 0 unspecified atom stereocenters. The molecule has 2 N–H and O–H groups in total. The molecular formula is C16H14Cl2N2O2. The smallest absolute Gasteiger partial charge is 0.239 e. The zero-order chi connectivity index (χ0) is 15.9. The highest BCUT2D eigenvalue weighted by Crippen LogP contribution is 2.23. The lowest BCUT2D eigenvalue weighted by molar-refractivity contribution is -0.114. The summed E-state index contributed by atoms with van der Waals surface area (Å²) in [6, 6.07) is 14.8. The van der Waals surface area contributed by atoms with E-state index < -0.39 is 0 Å². The van der Waals surface area contributed by atoms with Crippen molar-refractivity contribution in [3.8, 4) is 11.1 Å². The fourth-order valence-corrected chi connectivity index (χ4v) is 2.01. The first kappa shape index (κ1) is 16.3. The van der Waals surface area contributed by atoms with Crippen LogP contribution in [0.3, 0.4) is 0 Å². The summed E-state index contributed by atoms with van der Waals surface area (Å²) in [7, 11) is 0. The number of rotatable bonds is 5. The van der Waals surface area contributed by atoms with Gasteiger partial charge in [0.15, 0.2) is 0 Å². The van der Waals surface area contributed by atoms with Gasteiger partial charge in [0.05, 0.1) is 0 Å².